The molecule has 0 atom stereocenters. The van der Waals surface area contributed by atoms with Crippen LogP contribution < -0.4 is 10.6 Å². The van der Waals surface area contributed by atoms with E-state index >= 15 is 0 Å². The fraction of sp³-hybridized carbons (Fsp3) is 0.133. The minimum absolute atomic E-state index is 0.165. The molecule has 0 spiro atoms. The van der Waals surface area contributed by atoms with Crippen LogP contribution in [0.1, 0.15) is 17.3 Å². The molecule has 2 rings (SSSR count). The Morgan fingerprint density at radius 2 is 1.84 bits per heavy atom. The Balaban J connectivity index is 2.39. The molecule has 0 saturated heterocycles. The van der Waals surface area contributed by atoms with Gasteiger partial charge < -0.3 is 15.7 Å². The minimum atomic E-state index is -0.265. The van der Waals surface area contributed by atoms with Crippen LogP contribution in [0.15, 0.2) is 48.5 Å². The molecule has 0 aromatic heterocycles. The molecule has 0 aliphatic heterocycles. The van der Waals surface area contributed by atoms with Crippen molar-refractivity contribution in [3.63, 3.8) is 0 Å². The molecule has 4 nitrogen and oxygen atoms in total. The lowest BCUT2D eigenvalue weighted by Crippen LogP contribution is -2.30. The molecule has 0 bridgehead atoms. The van der Waals surface area contributed by atoms with Gasteiger partial charge in [-0.05, 0) is 31.2 Å². The number of anilines is 2. The summed E-state index contributed by atoms with van der Waals surface area (Å²) in [6.07, 6.45) is 0. The van der Waals surface area contributed by atoms with E-state index in [0.717, 1.165) is 5.69 Å². The van der Waals surface area contributed by atoms with E-state index in [9.17, 15) is 9.90 Å². The number of nitrogen functional groups attached to an aromatic ring is 1. The zero-order valence-electron chi connectivity index (χ0n) is 10.7. The fourth-order valence-electron chi connectivity index (χ4n) is 1.93. The maximum atomic E-state index is 12.5. The van der Waals surface area contributed by atoms with Gasteiger partial charge in [0.25, 0.3) is 5.91 Å². The Morgan fingerprint density at radius 1 is 1.16 bits per heavy atom. The zero-order chi connectivity index (χ0) is 13.8. The van der Waals surface area contributed by atoms with Crippen LogP contribution >= 0.6 is 0 Å². The fourth-order valence-corrected chi connectivity index (χ4v) is 1.93. The van der Waals surface area contributed by atoms with E-state index in [0.29, 0.717) is 6.54 Å². The van der Waals surface area contributed by atoms with Gasteiger partial charge in [0.15, 0.2) is 5.75 Å². The number of carbonyl (C=O) groups excluding carboxylic acids is 1. The summed E-state index contributed by atoms with van der Waals surface area (Å²) in [5, 5.41) is 9.89. The smallest absolute Gasteiger partial charge is 0.262 e. The van der Waals surface area contributed by atoms with Crippen LogP contribution in [0.5, 0.6) is 5.75 Å². The van der Waals surface area contributed by atoms with Gasteiger partial charge in [-0.25, -0.2) is 0 Å². The summed E-state index contributed by atoms with van der Waals surface area (Å²) in [6.45, 7) is 2.39. The van der Waals surface area contributed by atoms with Crippen molar-refractivity contribution in [2.45, 2.75) is 6.92 Å². The first kappa shape index (κ1) is 13.0. The number of rotatable bonds is 3. The zero-order valence-corrected chi connectivity index (χ0v) is 10.7. The number of nitrogens with two attached hydrogens (primary N) is 1. The maximum absolute atomic E-state index is 12.5. The maximum Gasteiger partial charge on any atom is 0.262 e. The van der Waals surface area contributed by atoms with E-state index in [1.807, 2.05) is 37.3 Å². The summed E-state index contributed by atoms with van der Waals surface area (Å²) in [6, 6.07) is 14.1. The lowest BCUT2D eigenvalue weighted by atomic mass is 10.1. The van der Waals surface area contributed by atoms with Gasteiger partial charge in [-0.15, -0.1) is 0 Å². The molecule has 4 heteroatoms. The molecule has 0 fully saturated rings. The normalized spacial score (nSPS) is 10.2. The predicted octanol–water partition coefficient (Wildman–Crippen LogP) is 2.64. The van der Waals surface area contributed by atoms with Crippen LogP contribution in [0.4, 0.5) is 11.4 Å². The third-order valence-electron chi connectivity index (χ3n) is 2.93. The third-order valence-corrected chi connectivity index (χ3v) is 2.93. The van der Waals surface area contributed by atoms with Crippen molar-refractivity contribution in [1.29, 1.82) is 0 Å². The second kappa shape index (κ2) is 5.44. The van der Waals surface area contributed by atoms with E-state index in [1.165, 1.54) is 0 Å². The van der Waals surface area contributed by atoms with Gasteiger partial charge in [-0.1, -0.05) is 24.3 Å². The molecule has 19 heavy (non-hydrogen) atoms. The molecule has 0 aliphatic carbocycles. The van der Waals surface area contributed by atoms with Gasteiger partial charge in [0, 0.05) is 12.2 Å². The van der Waals surface area contributed by atoms with Crippen molar-refractivity contribution in [2.75, 3.05) is 17.2 Å². The quantitative estimate of drug-likeness (QED) is 0.655. The molecular weight excluding hydrogens is 240 g/mol. The number of nitrogens with zero attached hydrogens (tertiary/aromatic N) is 1. The number of hydrogen-bond acceptors (Lipinski definition) is 3. The average Bonchev–Trinajstić information content (AvgIpc) is 2.44. The van der Waals surface area contributed by atoms with E-state index in [2.05, 4.69) is 0 Å². The van der Waals surface area contributed by atoms with Crippen molar-refractivity contribution in [1.82, 2.24) is 0 Å². The van der Waals surface area contributed by atoms with Crippen LogP contribution in [-0.4, -0.2) is 17.6 Å². The van der Waals surface area contributed by atoms with Gasteiger partial charge in [0.1, 0.15) is 0 Å². The number of benzene rings is 2. The van der Waals surface area contributed by atoms with Gasteiger partial charge >= 0.3 is 0 Å². The van der Waals surface area contributed by atoms with E-state index in [4.69, 9.17) is 5.73 Å². The van der Waals surface area contributed by atoms with Gasteiger partial charge in [-0.3, -0.25) is 4.79 Å². The summed E-state index contributed by atoms with van der Waals surface area (Å²) in [5.41, 5.74) is 6.82. The predicted molar refractivity (Wildman–Crippen MR) is 76.3 cm³/mol. The lowest BCUT2D eigenvalue weighted by Gasteiger charge is -2.21. The molecule has 0 aliphatic rings. The molecule has 0 unspecified atom stereocenters. The Morgan fingerprint density at radius 3 is 2.47 bits per heavy atom. The van der Waals surface area contributed by atoms with Gasteiger partial charge in [0.05, 0.1) is 11.3 Å². The Bertz CT molecular complexity index is 582. The van der Waals surface area contributed by atoms with Crippen molar-refractivity contribution >= 4 is 17.3 Å². The molecule has 2 aromatic carbocycles. The third kappa shape index (κ3) is 2.52. The number of hydrogen-bond donors (Lipinski definition) is 2. The molecule has 98 valence electrons. The summed E-state index contributed by atoms with van der Waals surface area (Å²) in [5.74, 6) is -0.430. The Hall–Kier alpha value is -2.49. The van der Waals surface area contributed by atoms with Crippen molar-refractivity contribution in [3.05, 3.63) is 54.1 Å². The first-order valence-corrected chi connectivity index (χ1v) is 6.09. The standard InChI is InChI=1S/C15H16N2O2/c1-2-17(11-7-4-3-5-8-11)15(19)12-9-6-10-13(16)14(12)18/h3-10,18H,2,16H2,1H3. The molecular formula is C15H16N2O2. The molecule has 3 N–H and O–H groups in total. The largest absolute Gasteiger partial charge is 0.505 e. The number of amides is 1. The van der Waals surface area contributed by atoms with Gasteiger partial charge in [0.2, 0.25) is 0 Å². The topological polar surface area (TPSA) is 66.6 Å². The number of para-hydroxylation sites is 2. The number of phenolic OH excluding ortho intramolecular Hbond substituents is 1. The van der Waals surface area contributed by atoms with Crippen LogP contribution in [0.3, 0.4) is 0 Å². The monoisotopic (exact) mass is 256 g/mol. The van der Waals surface area contributed by atoms with Crippen LogP contribution in [0.2, 0.25) is 0 Å². The highest BCUT2D eigenvalue weighted by atomic mass is 16.3. The molecule has 1 amide bonds. The minimum Gasteiger partial charge on any atom is -0.505 e. The number of carbonyl (C=O) groups is 1. The van der Waals surface area contributed by atoms with Gasteiger partial charge in [-0.2, -0.15) is 0 Å². The lowest BCUT2D eigenvalue weighted by molar-refractivity contribution is 0.0986. The summed E-state index contributed by atoms with van der Waals surface area (Å²) in [4.78, 5) is 14.1. The molecule has 0 heterocycles. The molecule has 0 saturated carbocycles. The summed E-state index contributed by atoms with van der Waals surface area (Å²) < 4.78 is 0. The second-order valence-corrected chi connectivity index (χ2v) is 4.13. The number of phenols is 1. The van der Waals surface area contributed by atoms with E-state index in [-0.39, 0.29) is 22.9 Å². The van der Waals surface area contributed by atoms with E-state index in [1.54, 1.807) is 23.1 Å². The van der Waals surface area contributed by atoms with E-state index < -0.39 is 0 Å². The van der Waals surface area contributed by atoms with Crippen LogP contribution in [0.25, 0.3) is 0 Å². The Labute approximate surface area is 112 Å². The van der Waals surface area contributed by atoms with Crippen molar-refractivity contribution in [3.8, 4) is 5.75 Å². The first-order valence-electron chi connectivity index (χ1n) is 6.09. The highest BCUT2D eigenvalue weighted by Crippen LogP contribution is 2.27. The number of aromatic hydroxyl groups is 1. The van der Waals surface area contributed by atoms with Crippen molar-refractivity contribution < 1.29 is 9.90 Å². The highest BCUT2D eigenvalue weighted by Gasteiger charge is 2.19. The Kier molecular flexibility index (Phi) is 3.71. The first-order chi connectivity index (χ1) is 9.15. The van der Waals surface area contributed by atoms with Crippen LogP contribution in [-0.2, 0) is 0 Å². The molecule has 2 aromatic rings. The second-order valence-electron chi connectivity index (χ2n) is 4.13. The SMILES string of the molecule is CCN(C(=O)c1cccc(N)c1O)c1ccccc1. The van der Waals surface area contributed by atoms with Crippen molar-refractivity contribution in [2.24, 2.45) is 0 Å². The molecule has 0 radical (unpaired) electrons. The summed E-state index contributed by atoms with van der Waals surface area (Å²) >= 11 is 0. The summed E-state index contributed by atoms with van der Waals surface area (Å²) in [7, 11) is 0. The average molecular weight is 256 g/mol. The van der Waals surface area contributed by atoms with Crippen LogP contribution in [0, 0.1) is 0 Å². The highest BCUT2D eigenvalue weighted by molar-refractivity contribution is 6.08.